The van der Waals surface area contributed by atoms with Gasteiger partial charge in [0.2, 0.25) is 0 Å². The maximum Gasteiger partial charge on any atom is 0.309 e. The van der Waals surface area contributed by atoms with Crippen LogP contribution < -0.4 is 15.5 Å². The molecular weight excluding hydrogens is 336 g/mol. The fourth-order valence-corrected chi connectivity index (χ4v) is 3.59. The van der Waals surface area contributed by atoms with Gasteiger partial charge in [-0.15, -0.1) is 0 Å². The molecule has 0 aliphatic carbocycles. The summed E-state index contributed by atoms with van der Waals surface area (Å²) in [4.78, 5) is 30.1. The van der Waals surface area contributed by atoms with Crippen LogP contribution in [0.15, 0.2) is 41.4 Å². The first-order chi connectivity index (χ1) is 12.2. The predicted molar refractivity (Wildman–Crippen MR) is 98.3 cm³/mol. The minimum absolute atomic E-state index is 0.389. The molecule has 1 saturated heterocycles. The van der Waals surface area contributed by atoms with Gasteiger partial charge in [0.1, 0.15) is 0 Å². The lowest BCUT2D eigenvalue weighted by atomic mass is 9.96. The Bertz CT molecular complexity index is 682. The molecule has 0 atom stereocenters. The Morgan fingerprint density at radius 3 is 2.52 bits per heavy atom. The maximum atomic E-state index is 11.9. The number of piperidine rings is 1. The molecule has 0 radical (unpaired) electrons. The second-order valence-electron chi connectivity index (χ2n) is 6.16. The first kappa shape index (κ1) is 17.4. The number of thiophene rings is 1. The zero-order valence-electron chi connectivity index (χ0n) is 14.0. The van der Waals surface area contributed by atoms with Crippen molar-refractivity contribution in [3.8, 4) is 0 Å². The average Bonchev–Trinajstić information content (AvgIpc) is 3.19. The van der Waals surface area contributed by atoms with Crippen molar-refractivity contribution in [1.29, 1.82) is 0 Å². The smallest absolute Gasteiger partial charge is 0.309 e. The molecule has 0 unspecified atom stereocenters. The molecule has 2 aromatic rings. The zero-order valence-corrected chi connectivity index (χ0v) is 14.8. The van der Waals surface area contributed by atoms with E-state index in [-0.39, 0.29) is 0 Å². The van der Waals surface area contributed by atoms with E-state index in [2.05, 4.69) is 20.5 Å². The number of hydrogen-bond donors (Lipinski definition) is 2. The summed E-state index contributed by atoms with van der Waals surface area (Å²) in [5.41, 5.74) is 2.19. The average molecular weight is 358 g/mol. The van der Waals surface area contributed by atoms with Crippen LogP contribution in [0.4, 0.5) is 5.69 Å². The molecule has 0 bridgehead atoms. The van der Waals surface area contributed by atoms with Gasteiger partial charge < -0.3 is 15.5 Å². The van der Waals surface area contributed by atoms with Crippen LogP contribution in [0.2, 0.25) is 0 Å². The van der Waals surface area contributed by atoms with Gasteiger partial charge in [-0.3, -0.25) is 14.6 Å². The Hall–Kier alpha value is -2.41. The topological polar surface area (TPSA) is 74.3 Å². The number of rotatable bonds is 5. The van der Waals surface area contributed by atoms with Crippen LogP contribution in [0, 0.1) is 5.92 Å². The molecule has 1 aliphatic rings. The number of nitrogens with one attached hydrogen (secondary N) is 2. The molecular formula is C18H22N4O2S. The molecule has 0 spiro atoms. The number of amides is 2. The Morgan fingerprint density at radius 2 is 1.84 bits per heavy atom. The van der Waals surface area contributed by atoms with E-state index in [0.29, 0.717) is 19.0 Å². The Kier molecular flexibility index (Phi) is 6.00. The van der Waals surface area contributed by atoms with Crippen LogP contribution in [-0.2, 0) is 16.1 Å². The van der Waals surface area contributed by atoms with E-state index >= 15 is 0 Å². The number of carbonyl (C=O) groups is 2. The highest BCUT2D eigenvalue weighted by molar-refractivity contribution is 7.07. The minimum atomic E-state index is -0.569. The summed E-state index contributed by atoms with van der Waals surface area (Å²) in [7, 11) is 0. The van der Waals surface area contributed by atoms with Gasteiger partial charge in [-0.1, -0.05) is 0 Å². The summed E-state index contributed by atoms with van der Waals surface area (Å²) < 4.78 is 0. The van der Waals surface area contributed by atoms with E-state index in [0.717, 1.165) is 31.5 Å². The SMILES string of the molecule is O=C(NCc1ccsc1)C(=O)NCC1CCN(c2ccncc2)CC1. The monoisotopic (exact) mass is 358 g/mol. The van der Waals surface area contributed by atoms with Crippen LogP contribution >= 0.6 is 11.3 Å². The maximum absolute atomic E-state index is 11.9. The molecule has 132 valence electrons. The van der Waals surface area contributed by atoms with Crippen molar-refractivity contribution in [3.63, 3.8) is 0 Å². The van der Waals surface area contributed by atoms with Gasteiger partial charge in [-0.05, 0) is 53.3 Å². The predicted octanol–water partition coefficient (Wildman–Crippen LogP) is 1.79. The lowest BCUT2D eigenvalue weighted by Gasteiger charge is -2.33. The molecule has 2 amide bonds. The molecule has 0 aromatic carbocycles. The molecule has 1 fully saturated rings. The third-order valence-electron chi connectivity index (χ3n) is 4.43. The minimum Gasteiger partial charge on any atom is -0.371 e. The third kappa shape index (κ3) is 5.03. The number of pyridine rings is 1. The van der Waals surface area contributed by atoms with Crippen LogP contribution in [0.25, 0.3) is 0 Å². The molecule has 3 rings (SSSR count). The molecule has 2 N–H and O–H groups in total. The molecule has 3 heterocycles. The Balaban J connectivity index is 1.36. The first-order valence-electron chi connectivity index (χ1n) is 8.44. The standard InChI is InChI=1S/C18H22N4O2S/c23-17(18(24)21-12-15-5-10-25-13-15)20-11-14-3-8-22(9-4-14)16-1-6-19-7-2-16/h1-2,5-7,10,13-14H,3-4,8-9,11-12H2,(H,20,23)(H,21,24). The number of aromatic nitrogens is 1. The van der Waals surface area contributed by atoms with Crippen molar-refractivity contribution >= 4 is 28.8 Å². The fraction of sp³-hybridized carbons (Fsp3) is 0.389. The van der Waals surface area contributed by atoms with Gasteiger partial charge in [0.25, 0.3) is 0 Å². The van der Waals surface area contributed by atoms with Crippen molar-refractivity contribution in [2.45, 2.75) is 19.4 Å². The zero-order chi connectivity index (χ0) is 17.5. The second-order valence-corrected chi connectivity index (χ2v) is 6.94. The van der Waals surface area contributed by atoms with Crippen molar-refractivity contribution in [3.05, 3.63) is 46.9 Å². The van der Waals surface area contributed by atoms with E-state index in [1.54, 1.807) is 23.7 Å². The van der Waals surface area contributed by atoms with Crippen molar-refractivity contribution < 1.29 is 9.59 Å². The van der Waals surface area contributed by atoms with Crippen LogP contribution in [0.1, 0.15) is 18.4 Å². The van der Waals surface area contributed by atoms with Crippen LogP contribution in [0.3, 0.4) is 0 Å². The summed E-state index contributed by atoms with van der Waals surface area (Å²) >= 11 is 1.57. The fourth-order valence-electron chi connectivity index (χ4n) is 2.92. The van der Waals surface area contributed by atoms with E-state index in [1.807, 2.05) is 29.0 Å². The number of hydrogen-bond acceptors (Lipinski definition) is 5. The van der Waals surface area contributed by atoms with E-state index in [4.69, 9.17) is 0 Å². The highest BCUT2D eigenvalue weighted by atomic mass is 32.1. The number of anilines is 1. The quantitative estimate of drug-likeness (QED) is 0.799. The van der Waals surface area contributed by atoms with Gasteiger partial charge in [-0.2, -0.15) is 11.3 Å². The van der Waals surface area contributed by atoms with Crippen molar-refractivity contribution in [2.24, 2.45) is 5.92 Å². The van der Waals surface area contributed by atoms with Crippen LogP contribution in [0.5, 0.6) is 0 Å². The molecule has 6 nitrogen and oxygen atoms in total. The first-order valence-corrected chi connectivity index (χ1v) is 9.39. The van der Waals surface area contributed by atoms with Gasteiger partial charge in [0, 0.05) is 44.3 Å². The lowest BCUT2D eigenvalue weighted by Crippen LogP contribution is -2.43. The summed E-state index contributed by atoms with van der Waals surface area (Å²) in [6, 6.07) is 5.96. The Morgan fingerprint density at radius 1 is 1.12 bits per heavy atom. The summed E-state index contributed by atoms with van der Waals surface area (Å²) in [5.74, 6) is -0.709. The summed E-state index contributed by atoms with van der Waals surface area (Å²) in [6.45, 7) is 2.85. The second kappa shape index (κ2) is 8.62. The van der Waals surface area contributed by atoms with Crippen molar-refractivity contribution in [2.75, 3.05) is 24.5 Å². The molecule has 25 heavy (non-hydrogen) atoms. The highest BCUT2D eigenvalue weighted by Crippen LogP contribution is 2.22. The van der Waals surface area contributed by atoms with Crippen molar-refractivity contribution in [1.82, 2.24) is 15.6 Å². The number of carbonyl (C=O) groups excluding carboxylic acids is 2. The third-order valence-corrected chi connectivity index (χ3v) is 5.17. The van der Waals surface area contributed by atoms with Gasteiger partial charge >= 0.3 is 11.8 Å². The van der Waals surface area contributed by atoms with Gasteiger partial charge in [-0.25, -0.2) is 0 Å². The molecule has 7 heteroatoms. The van der Waals surface area contributed by atoms with Crippen LogP contribution in [-0.4, -0.2) is 36.4 Å². The number of nitrogens with zero attached hydrogens (tertiary/aromatic N) is 2. The van der Waals surface area contributed by atoms with Gasteiger partial charge in [0.05, 0.1) is 0 Å². The molecule has 1 aliphatic heterocycles. The van der Waals surface area contributed by atoms with E-state index in [9.17, 15) is 9.59 Å². The highest BCUT2D eigenvalue weighted by Gasteiger charge is 2.21. The van der Waals surface area contributed by atoms with E-state index < -0.39 is 11.8 Å². The normalized spacial score (nSPS) is 15.0. The van der Waals surface area contributed by atoms with Gasteiger partial charge in [0.15, 0.2) is 0 Å². The van der Waals surface area contributed by atoms with E-state index in [1.165, 1.54) is 5.69 Å². The Labute approximate surface area is 151 Å². The largest absolute Gasteiger partial charge is 0.371 e. The molecule has 2 aromatic heterocycles. The summed E-state index contributed by atoms with van der Waals surface area (Å²) in [5, 5.41) is 9.30. The molecule has 0 saturated carbocycles. The summed E-state index contributed by atoms with van der Waals surface area (Å²) in [6.07, 6.45) is 5.60. The lowest BCUT2D eigenvalue weighted by molar-refractivity contribution is -0.139.